The number of nitrogens with zero attached hydrogens (tertiary/aromatic N) is 1. The van der Waals surface area contributed by atoms with Gasteiger partial charge in [0.25, 0.3) is 0 Å². The lowest BCUT2D eigenvalue weighted by molar-refractivity contribution is 0.276. The van der Waals surface area contributed by atoms with Gasteiger partial charge in [-0.1, -0.05) is 41.9 Å². The summed E-state index contributed by atoms with van der Waals surface area (Å²) in [5.41, 5.74) is 1.95. The fourth-order valence-corrected chi connectivity index (χ4v) is 1.78. The standard InChI is InChI=1S/C13H13ClN2O2/c14-13-12(18)11(6-10(8-17)16-13)15-7-9-4-2-1-3-5-9/h1-6,17-18H,7-8H2,(H,15,16). The largest absolute Gasteiger partial charge is 0.503 e. The number of pyridine rings is 1. The van der Waals surface area contributed by atoms with Gasteiger partial charge in [-0.05, 0) is 11.6 Å². The van der Waals surface area contributed by atoms with E-state index in [0.29, 0.717) is 17.9 Å². The summed E-state index contributed by atoms with van der Waals surface area (Å²) in [4.78, 5) is 3.83. The van der Waals surface area contributed by atoms with E-state index in [2.05, 4.69) is 10.3 Å². The van der Waals surface area contributed by atoms with Gasteiger partial charge >= 0.3 is 0 Å². The zero-order chi connectivity index (χ0) is 13.0. The maximum Gasteiger partial charge on any atom is 0.176 e. The highest BCUT2D eigenvalue weighted by molar-refractivity contribution is 6.31. The summed E-state index contributed by atoms with van der Waals surface area (Å²) < 4.78 is 0. The maximum absolute atomic E-state index is 9.76. The number of nitrogens with one attached hydrogen (secondary N) is 1. The molecule has 2 aromatic rings. The van der Waals surface area contributed by atoms with Gasteiger partial charge in [-0.25, -0.2) is 4.98 Å². The first kappa shape index (κ1) is 12.7. The predicted molar refractivity (Wildman–Crippen MR) is 70.6 cm³/mol. The number of rotatable bonds is 4. The Bertz CT molecular complexity index is 532. The zero-order valence-corrected chi connectivity index (χ0v) is 10.4. The molecule has 5 heteroatoms. The van der Waals surface area contributed by atoms with Crippen LogP contribution in [0.15, 0.2) is 36.4 Å². The minimum Gasteiger partial charge on any atom is -0.503 e. The van der Waals surface area contributed by atoms with Crippen LogP contribution in [0, 0.1) is 0 Å². The molecule has 94 valence electrons. The van der Waals surface area contributed by atoms with Crippen LogP contribution in [0.4, 0.5) is 5.69 Å². The summed E-state index contributed by atoms with van der Waals surface area (Å²) in [6, 6.07) is 11.3. The Morgan fingerprint density at radius 3 is 2.61 bits per heavy atom. The van der Waals surface area contributed by atoms with Crippen molar-refractivity contribution in [3.05, 3.63) is 52.8 Å². The van der Waals surface area contributed by atoms with Crippen LogP contribution in [0.25, 0.3) is 0 Å². The predicted octanol–water partition coefficient (Wildman–Crippen LogP) is 2.55. The summed E-state index contributed by atoms with van der Waals surface area (Å²) in [6.45, 7) is 0.333. The second-order valence-electron chi connectivity index (χ2n) is 3.80. The molecule has 1 aromatic carbocycles. The van der Waals surface area contributed by atoms with Gasteiger partial charge in [0.15, 0.2) is 10.9 Å². The van der Waals surface area contributed by atoms with Gasteiger partial charge in [-0.15, -0.1) is 0 Å². The quantitative estimate of drug-likeness (QED) is 0.743. The third-order valence-electron chi connectivity index (χ3n) is 2.49. The highest BCUT2D eigenvalue weighted by Gasteiger charge is 2.09. The molecule has 0 aliphatic heterocycles. The van der Waals surface area contributed by atoms with Crippen molar-refractivity contribution in [2.24, 2.45) is 0 Å². The van der Waals surface area contributed by atoms with Gasteiger partial charge in [0.2, 0.25) is 0 Å². The second kappa shape index (κ2) is 5.71. The average molecular weight is 265 g/mol. The van der Waals surface area contributed by atoms with E-state index in [1.54, 1.807) is 6.07 Å². The van der Waals surface area contributed by atoms with E-state index in [-0.39, 0.29) is 17.5 Å². The van der Waals surface area contributed by atoms with Crippen molar-refractivity contribution in [2.75, 3.05) is 5.32 Å². The molecule has 0 saturated heterocycles. The van der Waals surface area contributed by atoms with E-state index in [9.17, 15) is 5.11 Å². The van der Waals surface area contributed by atoms with Crippen molar-refractivity contribution in [1.82, 2.24) is 4.98 Å². The lowest BCUT2D eigenvalue weighted by Crippen LogP contribution is -2.02. The molecule has 18 heavy (non-hydrogen) atoms. The van der Waals surface area contributed by atoms with Crippen LogP contribution in [0.1, 0.15) is 11.3 Å². The number of anilines is 1. The number of hydrogen-bond donors (Lipinski definition) is 3. The van der Waals surface area contributed by atoms with E-state index in [1.165, 1.54) is 0 Å². The Morgan fingerprint density at radius 1 is 1.22 bits per heavy atom. The monoisotopic (exact) mass is 264 g/mol. The van der Waals surface area contributed by atoms with E-state index in [0.717, 1.165) is 5.56 Å². The number of aromatic hydroxyl groups is 1. The van der Waals surface area contributed by atoms with Gasteiger partial charge in [-0.2, -0.15) is 0 Å². The van der Waals surface area contributed by atoms with E-state index < -0.39 is 0 Å². The third-order valence-corrected chi connectivity index (χ3v) is 2.75. The molecule has 0 saturated carbocycles. The summed E-state index contributed by atoms with van der Waals surface area (Å²) in [5, 5.41) is 21.8. The van der Waals surface area contributed by atoms with Crippen molar-refractivity contribution in [3.8, 4) is 5.75 Å². The second-order valence-corrected chi connectivity index (χ2v) is 4.16. The van der Waals surface area contributed by atoms with Crippen molar-refractivity contribution < 1.29 is 10.2 Å². The van der Waals surface area contributed by atoms with Crippen LogP contribution >= 0.6 is 11.6 Å². The highest BCUT2D eigenvalue weighted by atomic mass is 35.5. The first-order valence-corrected chi connectivity index (χ1v) is 5.85. The summed E-state index contributed by atoms with van der Waals surface area (Å²) >= 11 is 5.77. The van der Waals surface area contributed by atoms with Crippen LogP contribution in [0.5, 0.6) is 5.75 Å². The molecule has 0 aliphatic carbocycles. The minimum atomic E-state index is -0.222. The molecule has 4 nitrogen and oxygen atoms in total. The van der Waals surface area contributed by atoms with Crippen LogP contribution in [-0.4, -0.2) is 15.2 Å². The van der Waals surface area contributed by atoms with Gasteiger partial charge in [0.05, 0.1) is 18.0 Å². The molecule has 1 aromatic heterocycles. The molecule has 1 heterocycles. The Hall–Kier alpha value is -1.78. The van der Waals surface area contributed by atoms with Crippen LogP contribution in [-0.2, 0) is 13.2 Å². The van der Waals surface area contributed by atoms with Crippen molar-refractivity contribution in [3.63, 3.8) is 0 Å². The Labute approximate surface area is 110 Å². The fraction of sp³-hybridized carbons (Fsp3) is 0.154. The smallest absolute Gasteiger partial charge is 0.176 e. The lowest BCUT2D eigenvalue weighted by atomic mass is 10.2. The third kappa shape index (κ3) is 2.91. The van der Waals surface area contributed by atoms with Gasteiger partial charge in [0.1, 0.15) is 0 Å². The molecule has 0 aliphatic rings. The fourth-order valence-electron chi connectivity index (χ4n) is 1.57. The molecule has 3 N–H and O–H groups in total. The van der Waals surface area contributed by atoms with E-state index in [1.807, 2.05) is 30.3 Å². The average Bonchev–Trinajstić information content (AvgIpc) is 2.41. The van der Waals surface area contributed by atoms with Crippen molar-refractivity contribution >= 4 is 17.3 Å². The summed E-state index contributed by atoms with van der Waals surface area (Å²) in [6.07, 6.45) is 0. The molecule has 0 spiro atoms. The van der Waals surface area contributed by atoms with Gasteiger partial charge in [-0.3, -0.25) is 0 Å². The number of aliphatic hydroxyl groups excluding tert-OH is 1. The molecule has 0 amide bonds. The van der Waals surface area contributed by atoms with Crippen LogP contribution in [0.2, 0.25) is 5.15 Å². The van der Waals surface area contributed by atoms with Gasteiger partial charge in [0, 0.05) is 6.54 Å². The summed E-state index contributed by atoms with van der Waals surface area (Å²) in [5.74, 6) is -0.107. The first-order valence-electron chi connectivity index (χ1n) is 5.47. The number of hydrogen-bond acceptors (Lipinski definition) is 4. The molecule has 0 unspecified atom stereocenters. The highest BCUT2D eigenvalue weighted by Crippen LogP contribution is 2.31. The number of benzene rings is 1. The van der Waals surface area contributed by atoms with Crippen LogP contribution < -0.4 is 5.32 Å². The Morgan fingerprint density at radius 2 is 1.94 bits per heavy atom. The minimum absolute atomic E-state index is 0.0166. The molecular formula is C13H13ClN2O2. The SMILES string of the molecule is OCc1cc(NCc2ccccc2)c(O)c(Cl)n1. The molecule has 0 bridgehead atoms. The van der Waals surface area contributed by atoms with Crippen LogP contribution in [0.3, 0.4) is 0 Å². The van der Waals surface area contributed by atoms with E-state index >= 15 is 0 Å². The number of aromatic nitrogens is 1. The number of aliphatic hydroxyl groups is 1. The molecule has 0 radical (unpaired) electrons. The molecule has 2 rings (SSSR count). The Kier molecular flexibility index (Phi) is 4.02. The van der Waals surface area contributed by atoms with Crippen molar-refractivity contribution in [1.29, 1.82) is 0 Å². The topological polar surface area (TPSA) is 65.4 Å². The van der Waals surface area contributed by atoms with Gasteiger partial charge < -0.3 is 15.5 Å². The first-order chi connectivity index (χ1) is 8.70. The molecule has 0 atom stereocenters. The van der Waals surface area contributed by atoms with Crippen molar-refractivity contribution in [2.45, 2.75) is 13.2 Å². The molecule has 0 fully saturated rings. The van der Waals surface area contributed by atoms with E-state index in [4.69, 9.17) is 16.7 Å². The number of halogens is 1. The maximum atomic E-state index is 9.76. The normalized spacial score (nSPS) is 10.3. The summed E-state index contributed by atoms with van der Waals surface area (Å²) in [7, 11) is 0. The molecular weight excluding hydrogens is 252 g/mol. The lowest BCUT2D eigenvalue weighted by Gasteiger charge is -2.10. The zero-order valence-electron chi connectivity index (χ0n) is 9.60. The Balaban J connectivity index is 2.16.